The first-order valence-corrected chi connectivity index (χ1v) is 11.6. The molecule has 1 saturated heterocycles. The topological polar surface area (TPSA) is 83.0 Å². The lowest BCUT2D eigenvalue weighted by atomic mass is 10.1. The monoisotopic (exact) mass is 438 g/mol. The maximum absolute atomic E-state index is 12.6. The van der Waals surface area contributed by atoms with Crippen molar-refractivity contribution in [2.75, 3.05) is 34.2 Å². The van der Waals surface area contributed by atoms with Gasteiger partial charge in [0.25, 0.3) is 16.1 Å². The summed E-state index contributed by atoms with van der Waals surface area (Å²) in [6, 6.07) is 7.07. The van der Waals surface area contributed by atoms with Crippen molar-refractivity contribution in [3.8, 4) is 5.75 Å². The van der Waals surface area contributed by atoms with Crippen molar-refractivity contribution in [1.82, 2.24) is 18.5 Å². The van der Waals surface area contributed by atoms with Crippen LogP contribution in [0.3, 0.4) is 0 Å². The predicted molar refractivity (Wildman–Crippen MR) is 112 cm³/mol. The summed E-state index contributed by atoms with van der Waals surface area (Å²) in [6.07, 6.45) is 2.94. The van der Waals surface area contributed by atoms with Crippen LogP contribution in [0.4, 0.5) is 0 Å². The second-order valence-corrected chi connectivity index (χ2v) is 10.2. The number of nitrogens with zero attached hydrogens (tertiary/aromatic N) is 4. The normalized spacial score (nSPS) is 16.1. The quantitative estimate of drug-likeness (QED) is 0.661. The highest BCUT2D eigenvalue weighted by atomic mass is 32.2. The average Bonchev–Trinajstić information content (AvgIpc) is 3.21. The van der Waals surface area contributed by atoms with Gasteiger partial charge >= 0.3 is 0 Å². The number of amides is 1. The Morgan fingerprint density at radius 1 is 1.21 bits per heavy atom. The van der Waals surface area contributed by atoms with E-state index < -0.39 is 10.2 Å². The number of hydrogen-bond donors (Lipinski definition) is 0. The highest BCUT2D eigenvalue weighted by molar-refractivity contribution is 7.86. The summed E-state index contributed by atoms with van der Waals surface area (Å²) in [6.45, 7) is 1.34. The molecule has 2 heterocycles. The zero-order chi connectivity index (χ0) is 21.0. The van der Waals surface area contributed by atoms with Gasteiger partial charge in [-0.05, 0) is 37.1 Å². The zero-order valence-electron chi connectivity index (χ0n) is 16.8. The molecule has 0 bridgehead atoms. The fourth-order valence-electron chi connectivity index (χ4n) is 3.11. The standard InChI is InChI=1S/C19H26N4O4S2/c1-21(2)29(25,26)23-11-8-17(9-12-23)27-16-6-4-15(5-7-16)19(24)22(3)14-18-20-10-13-28-18/h4-7,10,13,17H,8-9,11-12,14H2,1-3H3. The molecule has 3 rings (SSSR count). The third-order valence-corrected chi connectivity index (χ3v) is 7.50. The van der Waals surface area contributed by atoms with Gasteiger partial charge in [0.05, 0.1) is 6.54 Å². The summed E-state index contributed by atoms with van der Waals surface area (Å²) in [4.78, 5) is 18.4. The van der Waals surface area contributed by atoms with Gasteiger partial charge in [0, 0.05) is 51.4 Å². The van der Waals surface area contributed by atoms with Crippen LogP contribution in [0, 0.1) is 0 Å². The lowest BCUT2D eigenvalue weighted by Crippen LogP contribution is -2.46. The van der Waals surface area contributed by atoms with Gasteiger partial charge in [0.15, 0.2) is 0 Å². The third-order valence-electron chi connectivity index (χ3n) is 4.80. The molecule has 1 amide bonds. The number of carbonyl (C=O) groups is 1. The number of piperidine rings is 1. The minimum Gasteiger partial charge on any atom is -0.490 e. The molecule has 158 valence electrons. The van der Waals surface area contributed by atoms with Gasteiger partial charge in [-0.1, -0.05) is 0 Å². The number of benzene rings is 1. The van der Waals surface area contributed by atoms with Crippen molar-refractivity contribution in [2.24, 2.45) is 0 Å². The van der Waals surface area contributed by atoms with E-state index in [1.807, 2.05) is 5.38 Å². The Hall–Kier alpha value is -2.01. The van der Waals surface area contributed by atoms with Crippen LogP contribution in [0.1, 0.15) is 28.2 Å². The number of ether oxygens (including phenoxy) is 1. The molecule has 0 radical (unpaired) electrons. The summed E-state index contributed by atoms with van der Waals surface area (Å²) >= 11 is 1.52. The first-order valence-electron chi connectivity index (χ1n) is 9.35. The Morgan fingerprint density at radius 3 is 2.41 bits per heavy atom. The molecule has 29 heavy (non-hydrogen) atoms. The van der Waals surface area contributed by atoms with Gasteiger partial charge < -0.3 is 9.64 Å². The van der Waals surface area contributed by atoms with Gasteiger partial charge in [-0.25, -0.2) is 4.98 Å². The minimum atomic E-state index is -3.37. The van der Waals surface area contributed by atoms with Crippen molar-refractivity contribution < 1.29 is 17.9 Å². The number of aromatic nitrogens is 1. The summed E-state index contributed by atoms with van der Waals surface area (Å²) in [5, 5.41) is 2.78. The maximum Gasteiger partial charge on any atom is 0.281 e. The summed E-state index contributed by atoms with van der Waals surface area (Å²) in [7, 11) is 1.45. The van der Waals surface area contributed by atoms with E-state index in [-0.39, 0.29) is 12.0 Å². The Balaban J connectivity index is 1.53. The molecular weight excluding hydrogens is 412 g/mol. The molecule has 0 N–H and O–H groups in total. The molecule has 8 nitrogen and oxygen atoms in total. The summed E-state index contributed by atoms with van der Waals surface area (Å²) in [5.41, 5.74) is 0.586. The van der Waals surface area contributed by atoms with Gasteiger partial charge in [-0.2, -0.15) is 17.0 Å². The van der Waals surface area contributed by atoms with Crippen molar-refractivity contribution in [3.05, 3.63) is 46.4 Å². The van der Waals surface area contributed by atoms with Gasteiger partial charge in [0.2, 0.25) is 0 Å². The van der Waals surface area contributed by atoms with Crippen LogP contribution in [0.15, 0.2) is 35.8 Å². The minimum absolute atomic E-state index is 0.0438. The van der Waals surface area contributed by atoms with Gasteiger partial charge in [-0.3, -0.25) is 4.79 Å². The molecule has 0 unspecified atom stereocenters. The molecule has 1 aromatic carbocycles. The van der Waals surface area contributed by atoms with Crippen molar-refractivity contribution in [3.63, 3.8) is 0 Å². The second kappa shape index (κ2) is 9.21. The van der Waals surface area contributed by atoms with E-state index in [4.69, 9.17) is 4.74 Å². The number of thiazole rings is 1. The van der Waals surface area contributed by atoms with Crippen molar-refractivity contribution >= 4 is 27.5 Å². The predicted octanol–water partition coefficient (Wildman–Crippen LogP) is 2.06. The molecule has 0 atom stereocenters. The Labute approximate surface area is 175 Å². The molecule has 2 aromatic rings. The van der Waals surface area contributed by atoms with Crippen molar-refractivity contribution in [1.29, 1.82) is 0 Å². The number of carbonyl (C=O) groups excluding carboxylic acids is 1. The van der Waals surface area contributed by atoms with E-state index in [0.29, 0.717) is 43.8 Å². The highest BCUT2D eigenvalue weighted by Crippen LogP contribution is 2.22. The molecule has 1 fully saturated rings. The summed E-state index contributed by atoms with van der Waals surface area (Å²) in [5.74, 6) is 0.604. The Bertz CT molecular complexity index is 906. The fraction of sp³-hybridized carbons (Fsp3) is 0.474. The first kappa shape index (κ1) is 21.7. The Morgan fingerprint density at radius 2 is 1.86 bits per heavy atom. The molecule has 1 aliphatic heterocycles. The SMILES string of the molecule is CN(Cc1nccs1)C(=O)c1ccc(OC2CCN(S(=O)(=O)N(C)C)CC2)cc1. The molecule has 0 saturated carbocycles. The van der Waals surface area contributed by atoms with Crippen LogP contribution >= 0.6 is 11.3 Å². The van der Waals surface area contributed by atoms with E-state index in [9.17, 15) is 13.2 Å². The van der Waals surface area contributed by atoms with Crippen LogP contribution in [0.2, 0.25) is 0 Å². The Kier molecular flexibility index (Phi) is 6.89. The first-order chi connectivity index (χ1) is 13.8. The average molecular weight is 439 g/mol. The van der Waals surface area contributed by atoms with E-state index in [0.717, 1.165) is 5.01 Å². The van der Waals surface area contributed by atoms with Gasteiger partial charge in [-0.15, -0.1) is 11.3 Å². The number of rotatable bonds is 7. The van der Waals surface area contributed by atoms with Gasteiger partial charge in [0.1, 0.15) is 16.9 Å². The molecule has 0 aliphatic carbocycles. The molecular formula is C19H26N4O4S2. The zero-order valence-corrected chi connectivity index (χ0v) is 18.4. The largest absolute Gasteiger partial charge is 0.490 e. The molecule has 1 aliphatic rings. The maximum atomic E-state index is 12.6. The summed E-state index contributed by atoms with van der Waals surface area (Å²) < 4.78 is 33.1. The molecule has 0 spiro atoms. The van der Waals surface area contributed by atoms with E-state index in [2.05, 4.69) is 4.98 Å². The van der Waals surface area contributed by atoms with E-state index >= 15 is 0 Å². The van der Waals surface area contributed by atoms with Crippen LogP contribution in [-0.2, 0) is 16.8 Å². The lowest BCUT2D eigenvalue weighted by Gasteiger charge is -2.32. The lowest BCUT2D eigenvalue weighted by molar-refractivity contribution is 0.0785. The highest BCUT2D eigenvalue weighted by Gasteiger charge is 2.30. The van der Waals surface area contributed by atoms with E-state index in [1.165, 1.54) is 34.0 Å². The van der Waals surface area contributed by atoms with Crippen LogP contribution in [0.5, 0.6) is 5.75 Å². The number of hydrogen-bond acceptors (Lipinski definition) is 6. The molecule has 10 heteroatoms. The van der Waals surface area contributed by atoms with Crippen molar-refractivity contribution in [2.45, 2.75) is 25.5 Å². The fourth-order valence-corrected chi connectivity index (χ4v) is 4.91. The second-order valence-electron chi connectivity index (χ2n) is 7.12. The van der Waals surface area contributed by atoms with Crippen LogP contribution < -0.4 is 4.74 Å². The van der Waals surface area contributed by atoms with E-state index in [1.54, 1.807) is 42.4 Å². The van der Waals surface area contributed by atoms with Crippen LogP contribution in [-0.4, -0.2) is 73.2 Å². The molecule has 1 aromatic heterocycles. The smallest absolute Gasteiger partial charge is 0.281 e. The third kappa shape index (κ3) is 5.33. The van der Waals surface area contributed by atoms with Crippen LogP contribution in [0.25, 0.3) is 0 Å².